The maximum absolute atomic E-state index is 5.90. The van der Waals surface area contributed by atoms with Crippen molar-refractivity contribution in [1.29, 1.82) is 0 Å². The Morgan fingerprint density at radius 2 is 2.05 bits per heavy atom. The van der Waals surface area contributed by atoms with Crippen LogP contribution in [0.2, 0.25) is 0 Å². The molecular formula is C16H22N4O. The van der Waals surface area contributed by atoms with Gasteiger partial charge in [0.15, 0.2) is 5.75 Å². The van der Waals surface area contributed by atoms with Crippen LogP contribution in [-0.4, -0.2) is 20.8 Å². The molecule has 0 aromatic carbocycles. The molecule has 1 aliphatic rings. The van der Waals surface area contributed by atoms with E-state index in [1.54, 1.807) is 0 Å². The summed E-state index contributed by atoms with van der Waals surface area (Å²) >= 11 is 0. The Balaban J connectivity index is 1.62. The smallest absolute Gasteiger partial charge is 0.163 e. The highest BCUT2D eigenvalue weighted by Crippen LogP contribution is 2.22. The summed E-state index contributed by atoms with van der Waals surface area (Å²) in [5.74, 6) is 0.862. The molecule has 0 atom stereocenters. The molecule has 0 bridgehead atoms. The Morgan fingerprint density at radius 3 is 2.71 bits per heavy atom. The van der Waals surface area contributed by atoms with Crippen LogP contribution >= 0.6 is 0 Å². The summed E-state index contributed by atoms with van der Waals surface area (Å²) in [5.41, 5.74) is 3.98. The lowest BCUT2D eigenvalue weighted by atomic mass is 10.3. The van der Waals surface area contributed by atoms with Crippen molar-refractivity contribution < 1.29 is 4.74 Å². The maximum atomic E-state index is 5.90. The Hall–Kier alpha value is -1.88. The average Bonchev–Trinajstić information content (AvgIpc) is 3.26. The van der Waals surface area contributed by atoms with Gasteiger partial charge in [-0.1, -0.05) is 6.07 Å². The molecule has 1 N–H and O–H groups in total. The molecule has 1 aliphatic carbocycles. The second kappa shape index (κ2) is 5.85. The van der Waals surface area contributed by atoms with Gasteiger partial charge in [-0.3, -0.25) is 9.67 Å². The first-order valence-corrected chi connectivity index (χ1v) is 7.44. The third kappa shape index (κ3) is 3.42. The molecule has 0 amide bonds. The molecule has 0 radical (unpaired) electrons. The van der Waals surface area contributed by atoms with E-state index in [0.717, 1.165) is 35.1 Å². The van der Waals surface area contributed by atoms with Crippen LogP contribution in [0.4, 0.5) is 0 Å². The number of aromatic nitrogens is 3. The summed E-state index contributed by atoms with van der Waals surface area (Å²) in [7, 11) is 1.93. The number of ether oxygens (including phenoxy) is 1. The van der Waals surface area contributed by atoms with Gasteiger partial charge in [-0.05, 0) is 38.8 Å². The van der Waals surface area contributed by atoms with Gasteiger partial charge in [-0.25, -0.2) is 0 Å². The molecule has 112 valence electrons. The normalized spacial score (nSPS) is 14.4. The van der Waals surface area contributed by atoms with Gasteiger partial charge >= 0.3 is 0 Å². The predicted molar refractivity (Wildman–Crippen MR) is 81.1 cm³/mol. The van der Waals surface area contributed by atoms with Crippen molar-refractivity contribution in [3.05, 3.63) is 41.0 Å². The molecule has 0 spiro atoms. The second-order valence-electron chi connectivity index (χ2n) is 5.69. The van der Waals surface area contributed by atoms with Crippen LogP contribution in [0.3, 0.4) is 0 Å². The predicted octanol–water partition coefficient (Wildman–Crippen LogP) is 2.26. The van der Waals surface area contributed by atoms with Crippen molar-refractivity contribution in [3.8, 4) is 5.75 Å². The first kappa shape index (κ1) is 14.1. The highest BCUT2D eigenvalue weighted by Gasteiger charge is 2.20. The number of nitrogens with one attached hydrogen (secondary N) is 1. The zero-order valence-electron chi connectivity index (χ0n) is 12.9. The minimum absolute atomic E-state index is 0.477. The molecule has 21 heavy (non-hydrogen) atoms. The van der Waals surface area contributed by atoms with Gasteiger partial charge in [-0.2, -0.15) is 5.10 Å². The fourth-order valence-electron chi connectivity index (χ4n) is 2.35. The van der Waals surface area contributed by atoms with Gasteiger partial charge < -0.3 is 10.1 Å². The van der Waals surface area contributed by atoms with Crippen LogP contribution in [0, 0.1) is 13.8 Å². The van der Waals surface area contributed by atoms with E-state index in [1.165, 1.54) is 12.8 Å². The molecule has 3 rings (SSSR count). The van der Waals surface area contributed by atoms with Gasteiger partial charge in [0.25, 0.3) is 0 Å². The van der Waals surface area contributed by atoms with E-state index < -0.39 is 0 Å². The lowest BCUT2D eigenvalue weighted by Gasteiger charge is -2.08. The summed E-state index contributed by atoms with van der Waals surface area (Å²) in [6, 6.07) is 6.80. The molecule has 5 nitrogen and oxygen atoms in total. The van der Waals surface area contributed by atoms with E-state index in [2.05, 4.69) is 21.5 Å². The number of nitrogens with zero attached hydrogens (tertiary/aromatic N) is 3. The van der Waals surface area contributed by atoms with E-state index in [1.807, 2.05) is 37.7 Å². The lowest BCUT2D eigenvalue weighted by Crippen LogP contribution is -2.16. The first-order chi connectivity index (χ1) is 10.1. The van der Waals surface area contributed by atoms with Crippen LogP contribution in [0.5, 0.6) is 5.75 Å². The molecule has 2 heterocycles. The standard InChI is InChI=1S/C16H22N4O/c1-11-16(12(2)20(3)19-11)21-10-15-6-4-5-14(18-15)9-17-13-7-8-13/h4-6,13,17H,7-10H2,1-3H3. The fourth-order valence-corrected chi connectivity index (χ4v) is 2.35. The summed E-state index contributed by atoms with van der Waals surface area (Å²) in [5, 5.41) is 7.84. The van der Waals surface area contributed by atoms with Gasteiger partial charge in [0.2, 0.25) is 0 Å². The van der Waals surface area contributed by atoms with E-state index in [9.17, 15) is 0 Å². The molecule has 5 heteroatoms. The molecule has 0 saturated heterocycles. The molecule has 2 aromatic rings. The molecule has 0 aliphatic heterocycles. The summed E-state index contributed by atoms with van der Waals surface area (Å²) in [6.45, 7) is 5.29. The maximum Gasteiger partial charge on any atom is 0.163 e. The van der Waals surface area contributed by atoms with Crippen molar-refractivity contribution in [2.75, 3.05) is 0 Å². The van der Waals surface area contributed by atoms with Gasteiger partial charge in [-0.15, -0.1) is 0 Å². The average molecular weight is 286 g/mol. The topological polar surface area (TPSA) is 52.0 Å². The molecule has 2 aromatic heterocycles. The van der Waals surface area contributed by atoms with Crippen molar-refractivity contribution in [2.24, 2.45) is 7.05 Å². The molecule has 0 unspecified atom stereocenters. The van der Waals surface area contributed by atoms with E-state index >= 15 is 0 Å². The fraction of sp³-hybridized carbons (Fsp3) is 0.500. The largest absolute Gasteiger partial charge is 0.483 e. The quantitative estimate of drug-likeness (QED) is 0.885. The van der Waals surface area contributed by atoms with Crippen LogP contribution in [-0.2, 0) is 20.2 Å². The van der Waals surface area contributed by atoms with Gasteiger partial charge in [0.05, 0.1) is 17.1 Å². The minimum Gasteiger partial charge on any atom is -0.483 e. The second-order valence-corrected chi connectivity index (χ2v) is 5.69. The lowest BCUT2D eigenvalue weighted by molar-refractivity contribution is 0.296. The van der Waals surface area contributed by atoms with Crippen LogP contribution in [0.1, 0.15) is 35.6 Å². The number of hydrogen-bond acceptors (Lipinski definition) is 4. The number of aryl methyl sites for hydroxylation is 2. The Bertz CT molecular complexity index is 631. The summed E-state index contributed by atoms with van der Waals surface area (Å²) < 4.78 is 7.74. The zero-order valence-corrected chi connectivity index (χ0v) is 12.9. The Labute approximate surface area is 125 Å². The minimum atomic E-state index is 0.477. The molecule has 1 saturated carbocycles. The molecule has 1 fully saturated rings. The van der Waals surface area contributed by atoms with Gasteiger partial charge in [0, 0.05) is 19.6 Å². The molecular weight excluding hydrogens is 264 g/mol. The number of rotatable bonds is 6. The highest BCUT2D eigenvalue weighted by atomic mass is 16.5. The van der Waals surface area contributed by atoms with Crippen molar-refractivity contribution >= 4 is 0 Å². The van der Waals surface area contributed by atoms with E-state index in [4.69, 9.17) is 4.74 Å². The first-order valence-electron chi connectivity index (χ1n) is 7.44. The number of pyridine rings is 1. The number of hydrogen-bond donors (Lipinski definition) is 1. The van der Waals surface area contributed by atoms with E-state index in [0.29, 0.717) is 12.6 Å². The van der Waals surface area contributed by atoms with Gasteiger partial charge in [0.1, 0.15) is 12.3 Å². The van der Waals surface area contributed by atoms with Crippen molar-refractivity contribution in [3.63, 3.8) is 0 Å². The Kier molecular flexibility index (Phi) is 3.92. The van der Waals surface area contributed by atoms with Crippen LogP contribution < -0.4 is 10.1 Å². The van der Waals surface area contributed by atoms with Crippen molar-refractivity contribution in [2.45, 2.75) is 45.9 Å². The van der Waals surface area contributed by atoms with Crippen molar-refractivity contribution in [1.82, 2.24) is 20.1 Å². The van der Waals surface area contributed by atoms with E-state index in [-0.39, 0.29) is 0 Å². The SMILES string of the molecule is Cc1nn(C)c(C)c1OCc1cccc(CNC2CC2)n1. The zero-order chi connectivity index (χ0) is 14.8. The summed E-state index contributed by atoms with van der Waals surface area (Å²) in [4.78, 5) is 4.64. The monoisotopic (exact) mass is 286 g/mol. The van der Waals surface area contributed by atoms with Crippen LogP contribution in [0.15, 0.2) is 18.2 Å². The Morgan fingerprint density at radius 1 is 1.29 bits per heavy atom. The third-order valence-corrected chi connectivity index (χ3v) is 3.82. The highest BCUT2D eigenvalue weighted by molar-refractivity contribution is 5.31. The summed E-state index contributed by atoms with van der Waals surface area (Å²) in [6.07, 6.45) is 2.59. The van der Waals surface area contributed by atoms with Crippen LogP contribution in [0.25, 0.3) is 0 Å². The third-order valence-electron chi connectivity index (χ3n) is 3.82.